The van der Waals surface area contributed by atoms with Gasteiger partial charge in [0.2, 0.25) is 0 Å². The molecule has 0 bridgehead atoms. The molecule has 0 aliphatic heterocycles. The fourth-order valence-corrected chi connectivity index (χ4v) is 0.870. The molecule has 0 saturated carbocycles. The molecule has 0 aliphatic carbocycles. The molecule has 0 rings (SSSR count). The van der Waals surface area contributed by atoms with Crippen LogP contribution in [-0.4, -0.2) is 6.61 Å². The average Bonchev–Trinajstić information content (AvgIpc) is 1.80. The summed E-state index contributed by atoms with van der Waals surface area (Å²) in [5, 5.41) is 0. The van der Waals surface area contributed by atoms with Crippen molar-refractivity contribution >= 4 is 8.18 Å². The summed E-state index contributed by atoms with van der Waals surface area (Å²) in [4.78, 5) is 0. The average molecular weight is 151 g/mol. The molecule has 4 heteroatoms. The van der Waals surface area contributed by atoms with Crippen LogP contribution in [0.2, 0.25) is 0 Å². The van der Waals surface area contributed by atoms with Crippen LogP contribution in [0.15, 0.2) is 0 Å². The lowest BCUT2D eigenvalue weighted by Gasteiger charge is -1.97. The second kappa shape index (κ2) is 6.27. The van der Waals surface area contributed by atoms with Crippen molar-refractivity contribution in [1.29, 1.82) is 0 Å². The number of hydrogen-bond donors (Lipinski definition) is 1. The van der Waals surface area contributed by atoms with Gasteiger partial charge in [-0.15, -0.1) is 0 Å². The summed E-state index contributed by atoms with van der Waals surface area (Å²) < 4.78 is 14.8. The van der Waals surface area contributed by atoms with Gasteiger partial charge in [-0.3, -0.25) is 10.1 Å². The molecule has 0 aromatic carbocycles. The monoisotopic (exact) mass is 151 g/mol. The molecule has 0 aliphatic rings. The lowest BCUT2D eigenvalue weighted by Crippen LogP contribution is -1.89. The van der Waals surface area contributed by atoms with Gasteiger partial charge in [-0.05, 0) is 6.42 Å². The van der Waals surface area contributed by atoms with E-state index in [-0.39, 0.29) is 0 Å². The van der Waals surface area contributed by atoms with Gasteiger partial charge < -0.3 is 4.52 Å². The van der Waals surface area contributed by atoms with Crippen LogP contribution in [0, 0.1) is 0 Å². The summed E-state index contributed by atoms with van der Waals surface area (Å²) in [7, 11) is -2.17. The Kier molecular flexibility index (Phi) is 6.38. The highest BCUT2D eigenvalue weighted by Gasteiger charge is 1.88. The first-order valence-corrected chi connectivity index (χ1v) is 4.59. The Morgan fingerprint density at radius 2 is 2.22 bits per heavy atom. The Morgan fingerprint density at radius 3 is 2.67 bits per heavy atom. The zero-order valence-corrected chi connectivity index (χ0v) is 6.72. The predicted molar refractivity (Wildman–Crippen MR) is 38.7 cm³/mol. The van der Waals surface area contributed by atoms with Gasteiger partial charge in [0.25, 0.3) is 8.18 Å². The molecule has 0 aromatic heterocycles. The Labute approximate surface area is 56.5 Å². The van der Waals surface area contributed by atoms with Crippen molar-refractivity contribution in [2.45, 2.75) is 26.2 Å². The van der Waals surface area contributed by atoms with Crippen molar-refractivity contribution in [3.05, 3.63) is 0 Å². The first kappa shape index (κ1) is 9.15. The van der Waals surface area contributed by atoms with Gasteiger partial charge in [0.05, 0.1) is 6.61 Å². The van der Waals surface area contributed by atoms with Gasteiger partial charge in [0.15, 0.2) is 0 Å². The maximum Gasteiger partial charge on any atom is 0.255 e. The summed E-state index contributed by atoms with van der Waals surface area (Å²) in [6, 6.07) is 0. The predicted octanol–water partition coefficient (Wildman–Crippen LogP) is 1.54. The first-order valence-electron chi connectivity index (χ1n) is 3.19. The van der Waals surface area contributed by atoms with E-state index >= 15 is 0 Å². The topological polar surface area (TPSA) is 52.3 Å². The number of hydrogen-bond acceptors (Lipinski definition) is 2. The molecule has 0 spiro atoms. The molecular formula is C5H14NO2P. The highest BCUT2D eigenvalue weighted by Crippen LogP contribution is 2.10. The zero-order chi connectivity index (χ0) is 7.11. The summed E-state index contributed by atoms with van der Waals surface area (Å²) in [6.45, 7) is 2.65. The van der Waals surface area contributed by atoms with E-state index < -0.39 is 8.18 Å². The van der Waals surface area contributed by atoms with Crippen molar-refractivity contribution in [1.82, 2.24) is 0 Å². The molecule has 0 amide bonds. The molecule has 9 heavy (non-hydrogen) atoms. The maximum absolute atomic E-state index is 10.1. The number of nitrogens with two attached hydrogens (primary N) is 1. The lowest BCUT2D eigenvalue weighted by molar-refractivity contribution is 0.318. The van der Waals surface area contributed by atoms with Crippen LogP contribution in [0.3, 0.4) is 0 Å². The van der Waals surface area contributed by atoms with E-state index in [1.165, 1.54) is 0 Å². The van der Waals surface area contributed by atoms with Crippen LogP contribution >= 0.6 is 8.18 Å². The fourth-order valence-electron chi connectivity index (χ4n) is 0.525. The van der Waals surface area contributed by atoms with E-state index in [9.17, 15) is 4.57 Å². The summed E-state index contributed by atoms with van der Waals surface area (Å²) in [6.07, 6.45) is 3.23. The normalized spacial score (nSPS) is 13.6. The van der Waals surface area contributed by atoms with Gasteiger partial charge in [0, 0.05) is 0 Å². The van der Waals surface area contributed by atoms with E-state index in [0.29, 0.717) is 6.61 Å². The minimum absolute atomic E-state index is 0.544. The summed E-state index contributed by atoms with van der Waals surface area (Å²) >= 11 is 0. The Balaban J connectivity index is 2.83. The van der Waals surface area contributed by atoms with Gasteiger partial charge in [-0.1, -0.05) is 19.8 Å². The van der Waals surface area contributed by atoms with E-state index in [1.54, 1.807) is 0 Å². The van der Waals surface area contributed by atoms with Crippen LogP contribution in [0.25, 0.3) is 0 Å². The quantitative estimate of drug-likeness (QED) is 0.479. The second-order valence-corrected chi connectivity index (χ2v) is 2.80. The molecule has 3 nitrogen and oxygen atoms in total. The van der Waals surface area contributed by atoms with Crippen molar-refractivity contribution in [3.63, 3.8) is 0 Å². The van der Waals surface area contributed by atoms with E-state index in [1.807, 2.05) is 0 Å². The van der Waals surface area contributed by atoms with Crippen molar-refractivity contribution in [3.8, 4) is 0 Å². The highest BCUT2D eigenvalue weighted by molar-refractivity contribution is 7.36. The van der Waals surface area contributed by atoms with Gasteiger partial charge in [-0.25, -0.2) is 0 Å². The van der Waals surface area contributed by atoms with Crippen molar-refractivity contribution in [2.24, 2.45) is 5.50 Å². The van der Waals surface area contributed by atoms with Crippen molar-refractivity contribution in [2.75, 3.05) is 6.61 Å². The van der Waals surface area contributed by atoms with Crippen LogP contribution in [0.1, 0.15) is 26.2 Å². The third-order valence-electron chi connectivity index (χ3n) is 0.992. The van der Waals surface area contributed by atoms with Crippen molar-refractivity contribution < 1.29 is 9.09 Å². The fraction of sp³-hybridized carbons (Fsp3) is 1.00. The van der Waals surface area contributed by atoms with E-state index in [0.717, 1.165) is 19.3 Å². The van der Waals surface area contributed by atoms with Crippen LogP contribution in [0.4, 0.5) is 0 Å². The van der Waals surface area contributed by atoms with E-state index in [2.05, 4.69) is 11.4 Å². The van der Waals surface area contributed by atoms with Gasteiger partial charge >= 0.3 is 0 Å². The molecule has 1 unspecified atom stereocenters. The van der Waals surface area contributed by atoms with Gasteiger partial charge in [0.1, 0.15) is 0 Å². The Bertz CT molecular complexity index is 87.0. The smallest absolute Gasteiger partial charge is 0.255 e. The Hall–Kier alpha value is 0.150. The molecule has 0 fully saturated rings. The minimum Gasteiger partial charge on any atom is -0.320 e. The van der Waals surface area contributed by atoms with Crippen LogP contribution in [0.5, 0.6) is 0 Å². The lowest BCUT2D eigenvalue weighted by atomic mass is 10.3. The highest BCUT2D eigenvalue weighted by atomic mass is 31.1. The second-order valence-electron chi connectivity index (χ2n) is 1.87. The minimum atomic E-state index is -2.17. The number of rotatable bonds is 5. The zero-order valence-electron chi connectivity index (χ0n) is 5.72. The maximum atomic E-state index is 10.1. The standard InChI is InChI=1S/C5H14NO2P/c1-2-3-4-5-8-9(6)7/h9H,2-5H2,1H3,(H2,6,7). The SMILES string of the molecule is CCCCCO[PH](N)=O. The van der Waals surface area contributed by atoms with Crippen LogP contribution < -0.4 is 5.50 Å². The molecule has 1 atom stereocenters. The molecule has 2 N–H and O–H groups in total. The summed E-state index contributed by atoms with van der Waals surface area (Å²) in [5.41, 5.74) is 4.90. The van der Waals surface area contributed by atoms with E-state index in [4.69, 9.17) is 5.50 Å². The molecule has 0 heterocycles. The third kappa shape index (κ3) is 8.15. The largest absolute Gasteiger partial charge is 0.320 e. The molecule has 0 radical (unpaired) electrons. The molecule has 0 saturated heterocycles. The molecule has 0 aromatic rings. The van der Waals surface area contributed by atoms with Crippen LogP contribution in [-0.2, 0) is 9.09 Å². The Morgan fingerprint density at radius 1 is 1.56 bits per heavy atom. The molecular weight excluding hydrogens is 137 g/mol. The number of unbranched alkanes of at least 4 members (excludes halogenated alkanes) is 2. The third-order valence-corrected chi connectivity index (χ3v) is 1.48. The van der Waals surface area contributed by atoms with Gasteiger partial charge in [-0.2, -0.15) is 0 Å². The first-order chi connectivity index (χ1) is 4.27. The molecule has 56 valence electrons. The summed E-state index contributed by atoms with van der Waals surface area (Å²) in [5.74, 6) is 0.